The van der Waals surface area contributed by atoms with E-state index in [1.165, 1.54) is 17.7 Å². The maximum absolute atomic E-state index is 12.6. The van der Waals surface area contributed by atoms with Crippen LogP contribution < -0.4 is 10.6 Å². The number of thiocarbonyl (C=S) groups is 1. The number of esters is 1. The molecule has 0 aromatic carbocycles. The van der Waals surface area contributed by atoms with E-state index in [9.17, 15) is 4.79 Å². The third kappa shape index (κ3) is 4.42. The largest absolute Gasteiger partial charge is 0.462 e. The van der Waals surface area contributed by atoms with Gasteiger partial charge < -0.3 is 19.9 Å². The van der Waals surface area contributed by atoms with Crippen LogP contribution >= 0.6 is 23.6 Å². The summed E-state index contributed by atoms with van der Waals surface area (Å²) in [5.41, 5.74) is 1.75. The average Bonchev–Trinajstić information content (AvgIpc) is 3.11. The van der Waals surface area contributed by atoms with Crippen LogP contribution in [0.15, 0.2) is 10.6 Å². The topological polar surface area (TPSA) is 76.4 Å². The van der Waals surface area contributed by atoms with E-state index >= 15 is 0 Å². The first-order valence-electron chi connectivity index (χ1n) is 8.91. The molecule has 0 spiro atoms. The predicted octanol–water partition coefficient (Wildman–Crippen LogP) is 4.69. The van der Waals surface area contributed by atoms with Crippen molar-refractivity contribution in [2.75, 3.05) is 17.2 Å². The molecule has 2 N–H and O–H groups in total. The summed E-state index contributed by atoms with van der Waals surface area (Å²) in [6.45, 7) is 3.98. The van der Waals surface area contributed by atoms with Crippen molar-refractivity contribution < 1.29 is 14.1 Å². The normalized spacial score (nSPS) is 14.1. The second kappa shape index (κ2) is 8.64. The number of aromatic nitrogens is 1. The number of carbonyl (C=O) groups excluding carboxylic acids is 1. The van der Waals surface area contributed by atoms with Crippen LogP contribution in [0.4, 0.5) is 10.8 Å². The molecule has 26 heavy (non-hydrogen) atoms. The molecule has 0 saturated carbocycles. The standard InChI is InChI=1S/C18H23N3O3S2/c1-3-23-17(22)15-12-8-6-4-5-7-9-13(12)26-16(15)20-18(25)19-14-10-11(2)24-21-14/h10H,3-9H2,1-2H3,(H2,19,20,21,25). The summed E-state index contributed by atoms with van der Waals surface area (Å²) < 4.78 is 10.3. The molecular formula is C18H23N3O3S2. The molecule has 2 heterocycles. The van der Waals surface area contributed by atoms with Crippen molar-refractivity contribution in [3.63, 3.8) is 0 Å². The first-order valence-corrected chi connectivity index (χ1v) is 10.1. The molecule has 0 saturated heterocycles. The van der Waals surface area contributed by atoms with Crippen molar-refractivity contribution in [3.05, 3.63) is 27.8 Å². The maximum atomic E-state index is 12.6. The molecule has 8 heteroatoms. The first-order chi connectivity index (χ1) is 12.6. The highest BCUT2D eigenvalue weighted by Crippen LogP contribution is 2.37. The summed E-state index contributed by atoms with van der Waals surface area (Å²) in [5, 5.41) is 11.1. The summed E-state index contributed by atoms with van der Waals surface area (Å²) in [7, 11) is 0. The minimum Gasteiger partial charge on any atom is -0.462 e. The number of fused-ring (bicyclic) bond motifs is 1. The number of thiophene rings is 1. The van der Waals surface area contributed by atoms with Gasteiger partial charge in [0.2, 0.25) is 0 Å². The van der Waals surface area contributed by atoms with Gasteiger partial charge in [0.05, 0.1) is 12.2 Å². The molecular weight excluding hydrogens is 370 g/mol. The van der Waals surface area contributed by atoms with Crippen LogP contribution in [0.5, 0.6) is 0 Å². The van der Waals surface area contributed by atoms with E-state index in [-0.39, 0.29) is 5.97 Å². The molecule has 0 fully saturated rings. The number of hydrogen-bond acceptors (Lipinski definition) is 6. The highest BCUT2D eigenvalue weighted by Gasteiger charge is 2.25. The summed E-state index contributed by atoms with van der Waals surface area (Å²) >= 11 is 6.98. The van der Waals surface area contributed by atoms with Crippen molar-refractivity contribution in [2.45, 2.75) is 52.4 Å². The Bertz CT molecular complexity index is 798. The molecule has 0 bridgehead atoms. The fourth-order valence-electron chi connectivity index (χ4n) is 3.10. The van der Waals surface area contributed by atoms with Gasteiger partial charge in [-0.25, -0.2) is 4.79 Å². The highest BCUT2D eigenvalue weighted by atomic mass is 32.1. The molecule has 3 rings (SSSR count). The van der Waals surface area contributed by atoms with E-state index in [2.05, 4.69) is 15.8 Å². The molecule has 6 nitrogen and oxygen atoms in total. The van der Waals surface area contributed by atoms with Crippen molar-refractivity contribution in [2.24, 2.45) is 0 Å². The van der Waals surface area contributed by atoms with Crippen LogP contribution in [0.1, 0.15) is 59.2 Å². The minimum atomic E-state index is -0.284. The summed E-state index contributed by atoms with van der Waals surface area (Å²) in [6.07, 6.45) is 6.58. The lowest BCUT2D eigenvalue weighted by molar-refractivity contribution is 0.0526. The van der Waals surface area contributed by atoms with E-state index in [1.54, 1.807) is 17.4 Å². The lowest BCUT2D eigenvalue weighted by Crippen LogP contribution is -2.20. The number of anilines is 2. The Kier molecular flexibility index (Phi) is 6.26. The number of rotatable bonds is 4. The van der Waals surface area contributed by atoms with Gasteiger partial charge >= 0.3 is 5.97 Å². The molecule has 140 valence electrons. The van der Waals surface area contributed by atoms with Crippen LogP contribution in [-0.4, -0.2) is 22.8 Å². The number of hydrogen-bond donors (Lipinski definition) is 2. The number of nitrogens with one attached hydrogen (secondary N) is 2. The SMILES string of the molecule is CCOC(=O)c1c(NC(=S)Nc2cc(C)on2)sc2c1CCCCCC2. The van der Waals surface area contributed by atoms with Gasteiger partial charge in [0.15, 0.2) is 10.9 Å². The lowest BCUT2D eigenvalue weighted by Gasteiger charge is -2.12. The van der Waals surface area contributed by atoms with Gasteiger partial charge in [-0.05, 0) is 57.3 Å². The molecule has 1 aliphatic rings. The van der Waals surface area contributed by atoms with Crippen LogP contribution in [0, 0.1) is 6.92 Å². The molecule has 1 aliphatic carbocycles. The second-order valence-corrected chi connectivity index (χ2v) is 7.76. The summed E-state index contributed by atoms with van der Waals surface area (Å²) in [5.74, 6) is 0.947. The van der Waals surface area contributed by atoms with E-state index in [1.807, 2.05) is 13.8 Å². The number of aryl methyl sites for hydroxylation is 2. The van der Waals surface area contributed by atoms with Gasteiger partial charge in [-0.1, -0.05) is 18.0 Å². The Hall–Kier alpha value is -1.93. The Balaban J connectivity index is 1.85. The smallest absolute Gasteiger partial charge is 0.341 e. The van der Waals surface area contributed by atoms with Gasteiger partial charge in [0.25, 0.3) is 0 Å². The fourth-order valence-corrected chi connectivity index (χ4v) is 4.66. The molecule has 2 aromatic rings. The van der Waals surface area contributed by atoms with Gasteiger partial charge in [-0.2, -0.15) is 0 Å². The third-order valence-electron chi connectivity index (χ3n) is 4.25. The molecule has 0 atom stereocenters. The summed E-state index contributed by atoms with van der Waals surface area (Å²) in [4.78, 5) is 13.9. The van der Waals surface area contributed by atoms with E-state index in [0.717, 1.165) is 36.2 Å². The van der Waals surface area contributed by atoms with Crippen molar-refractivity contribution in [1.82, 2.24) is 5.16 Å². The zero-order valence-electron chi connectivity index (χ0n) is 15.0. The number of ether oxygens (including phenoxy) is 1. The second-order valence-electron chi connectivity index (χ2n) is 6.24. The lowest BCUT2D eigenvalue weighted by atomic mass is 9.96. The van der Waals surface area contributed by atoms with Crippen LogP contribution in [0.2, 0.25) is 0 Å². The zero-order valence-corrected chi connectivity index (χ0v) is 16.6. The number of carbonyl (C=O) groups is 1. The van der Waals surface area contributed by atoms with Gasteiger partial charge in [0.1, 0.15) is 10.8 Å². The number of nitrogens with zero attached hydrogens (tertiary/aromatic N) is 1. The molecule has 0 amide bonds. The minimum absolute atomic E-state index is 0.284. The van der Waals surface area contributed by atoms with Crippen LogP contribution in [0.3, 0.4) is 0 Å². The third-order valence-corrected chi connectivity index (χ3v) is 5.66. The van der Waals surface area contributed by atoms with Gasteiger partial charge in [-0.3, -0.25) is 0 Å². The van der Waals surface area contributed by atoms with Crippen molar-refractivity contribution in [1.29, 1.82) is 0 Å². The molecule has 0 aliphatic heterocycles. The van der Waals surface area contributed by atoms with Crippen LogP contribution in [-0.2, 0) is 17.6 Å². The molecule has 0 radical (unpaired) electrons. The predicted molar refractivity (Wildman–Crippen MR) is 107 cm³/mol. The monoisotopic (exact) mass is 393 g/mol. The molecule has 2 aromatic heterocycles. The van der Waals surface area contributed by atoms with Gasteiger partial charge in [-0.15, -0.1) is 11.3 Å². The van der Waals surface area contributed by atoms with Crippen molar-refractivity contribution in [3.8, 4) is 0 Å². The quantitative estimate of drug-likeness (QED) is 0.576. The Labute approximate surface area is 162 Å². The van der Waals surface area contributed by atoms with E-state index < -0.39 is 0 Å². The molecule has 0 unspecified atom stereocenters. The van der Waals surface area contributed by atoms with Crippen LogP contribution in [0.25, 0.3) is 0 Å². The fraction of sp³-hybridized carbons (Fsp3) is 0.500. The average molecular weight is 394 g/mol. The maximum Gasteiger partial charge on any atom is 0.341 e. The first kappa shape index (κ1) is 18.8. The highest BCUT2D eigenvalue weighted by molar-refractivity contribution is 7.80. The van der Waals surface area contributed by atoms with E-state index in [0.29, 0.717) is 28.9 Å². The van der Waals surface area contributed by atoms with E-state index in [4.69, 9.17) is 21.5 Å². The van der Waals surface area contributed by atoms with Crippen molar-refractivity contribution >= 4 is 45.5 Å². The summed E-state index contributed by atoms with van der Waals surface area (Å²) in [6, 6.07) is 1.76. The Morgan fingerprint density at radius 2 is 2.08 bits per heavy atom. The van der Waals surface area contributed by atoms with Gasteiger partial charge in [0, 0.05) is 10.9 Å². The Morgan fingerprint density at radius 3 is 2.77 bits per heavy atom. The zero-order chi connectivity index (χ0) is 18.5. The Morgan fingerprint density at radius 1 is 1.31 bits per heavy atom.